The summed E-state index contributed by atoms with van der Waals surface area (Å²) in [7, 11) is 3.69. The van der Waals surface area contributed by atoms with Gasteiger partial charge >= 0.3 is 12.2 Å². The molecule has 236 valence electrons. The third-order valence-electron chi connectivity index (χ3n) is 8.03. The number of benzene rings is 2. The zero-order valence-corrected chi connectivity index (χ0v) is 24.9. The molecule has 14 heteroatoms. The second-order valence-electron chi connectivity index (χ2n) is 11.0. The normalized spacial score (nSPS) is 17.2. The van der Waals surface area contributed by atoms with Crippen LogP contribution >= 0.6 is 11.6 Å². The molecule has 0 bridgehead atoms. The van der Waals surface area contributed by atoms with Crippen LogP contribution < -0.4 is 15.5 Å². The number of nitrogens with one attached hydrogen (secondary N) is 2. The average Bonchev–Trinajstić information content (AvgIpc) is 2.97. The SMILES string of the molecule is CN1CCC(N(C)C(=O)NCc2ccc(C(=O)Nc3ccc(Cl)cc3N3CCN(CCC(F)(F)F)CC3)c(F)c2F)CC1. The number of carbonyl (C=O) groups is 2. The molecule has 2 saturated heterocycles. The molecule has 0 aromatic heterocycles. The van der Waals surface area contributed by atoms with E-state index in [9.17, 15) is 27.2 Å². The third-order valence-corrected chi connectivity index (χ3v) is 8.26. The molecular formula is C29H36ClF5N6O2. The Kier molecular flexibility index (Phi) is 10.7. The molecule has 0 aliphatic carbocycles. The first-order valence-corrected chi connectivity index (χ1v) is 14.5. The number of carbonyl (C=O) groups excluding carboxylic acids is 2. The van der Waals surface area contributed by atoms with Crippen molar-refractivity contribution in [3.8, 4) is 0 Å². The second-order valence-corrected chi connectivity index (χ2v) is 11.5. The standard InChI is InChI=1S/C29H36ClF5N6O2/c1-38-10-7-21(8-11-38)39(2)28(43)36-18-19-3-5-22(26(32)25(19)31)27(42)37-23-6-4-20(30)17-24(23)41-15-13-40(14-16-41)12-9-29(33,34)35/h3-6,17,21H,7-16,18H2,1-2H3,(H,36,43)(H,37,42). The predicted molar refractivity (Wildman–Crippen MR) is 156 cm³/mol. The summed E-state index contributed by atoms with van der Waals surface area (Å²) in [4.78, 5) is 33.0. The number of urea groups is 1. The molecular weight excluding hydrogens is 595 g/mol. The van der Waals surface area contributed by atoms with E-state index in [1.54, 1.807) is 22.9 Å². The predicted octanol–water partition coefficient (Wildman–Crippen LogP) is 5.18. The van der Waals surface area contributed by atoms with Crippen LogP contribution in [0.5, 0.6) is 0 Å². The Labute approximate surface area is 252 Å². The van der Waals surface area contributed by atoms with E-state index in [1.165, 1.54) is 18.2 Å². The Bertz CT molecular complexity index is 1300. The molecule has 0 radical (unpaired) electrons. The summed E-state index contributed by atoms with van der Waals surface area (Å²) in [5.41, 5.74) is 0.195. The Balaban J connectivity index is 1.38. The Morgan fingerprint density at radius 2 is 1.67 bits per heavy atom. The highest BCUT2D eigenvalue weighted by Gasteiger charge is 2.30. The lowest BCUT2D eigenvalue weighted by atomic mass is 10.0. The highest BCUT2D eigenvalue weighted by Crippen LogP contribution is 2.31. The van der Waals surface area contributed by atoms with Gasteiger partial charge in [0.25, 0.3) is 5.91 Å². The number of hydrogen-bond acceptors (Lipinski definition) is 5. The summed E-state index contributed by atoms with van der Waals surface area (Å²) in [6, 6.07) is 6.74. The summed E-state index contributed by atoms with van der Waals surface area (Å²) in [5.74, 6) is -3.47. The maximum Gasteiger partial charge on any atom is 0.390 e. The summed E-state index contributed by atoms with van der Waals surface area (Å²) >= 11 is 6.18. The van der Waals surface area contributed by atoms with Crippen LogP contribution in [0.3, 0.4) is 0 Å². The van der Waals surface area contributed by atoms with Gasteiger partial charge in [0, 0.05) is 62.9 Å². The molecule has 2 heterocycles. The fourth-order valence-electron chi connectivity index (χ4n) is 5.30. The van der Waals surface area contributed by atoms with Crippen molar-refractivity contribution >= 4 is 34.9 Å². The van der Waals surface area contributed by atoms with E-state index >= 15 is 4.39 Å². The minimum absolute atomic E-state index is 0.0554. The third kappa shape index (κ3) is 8.70. The first-order valence-electron chi connectivity index (χ1n) is 14.1. The average molecular weight is 631 g/mol. The monoisotopic (exact) mass is 630 g/mol. The van der Waals surface area contributed by atoms with Gasteiger partial charge in [0.15, 0.2) is 11.6 Å². The zero-order valence-electron chi connectivity index (χ0n) is 24.1. The number of halogens is 6. The van der Waals surface area contributed by atoms with Gasteiger partial charge in [-0.3, -0.25) is 9.69 Å². The molecule has 4 rings (SSSR count). The maximum absolute atomic E-state index is 15.1. The molecule has 2 aromatic rings. The van der Waals surface area contributed by atoms with E-state index in [-0.39, 0.29) is 24.7 Å². The van der Waals surface area contributed by atoms with Crippen molar-refractivity contribution in [3.05, 3.63) is 58.1 Å². The van der Waals surface area contributed by atoms with Gasteiger partial charge in [0.2, 0.25) is 0 Å². The Morgan fingerprint density at radius 1 is 1.00 bits per heavy atom. The van der Waals surface area contributed by atoms with Gasteiger partial charge < -0.3 is 25.3 Å². The van der Waals surface area contributed by atoms with Gasteiger partial charge in [-0.1, -0.05) is 17.7 Å². The number of anilines is 2. The van der Waals surface area contributed by atoms with Crippen molar-refractivity contribution in [1.82, 2.24) is 20.0 Å². The topological polar surface area (TPSA) is 71.2 Å². The molecule has 2 aromatic carbocycles. The zero-order chi connectivity index (χ0) is 31.3. The summed E-state index contributed by atoms with van der Waals surface area (Å²) in [6.45, 7) is 2.90. The highest BCUT2D eigenvalue weighted by atomic mass is 35.5. The molecule has 0 spiro atoms. The van der Waals surface area contributed by atoms with Gasteiger partial charge in [-0.15, -0.1) is 0 Å². The van der Waals surface area contributed by atoms with E-state index in [0.29, 0.717) is 42.6 Å². The van der Waals surface area contributed by atoms with Crippen LogP contribution in [0.15, 0.2) is 30.3 Å². The molecule has 0 atom stereocenters. The van der Waals surface area contributed by atoms with E-state index in [1.807, 2.05) is 11.9 Å². The molecule has 0 unspecified atom stereocenters. The van der Waals surface area contributed by atoms with Crippen LogP contribution in [-0.4, -0.2) is 98.8 Å². The smallest absolute Gasteiger partial charge is 0.367 e. The first kappa shape index (κ1) is 32.7. The number of hydrogen-bond donors (Lipinski definition) is 2. The first-order chi connectivity index (χ1) is 20.3. The van der Waals surface area contributed by atoms with Crippen LogP contribution in [0, 0.1) is 11.6 Å². The maximum atomic E-state index is 15.1. The van der Waals surface area contributed by atoms with Gasteiger partial charge in [-0.05, 0) is 57.2 Å². The summed E-state index contributed by atoms with van der Waals surface area (Å²) in [5, 5.41) is 5.60. The minimum Gasteiger partial charge on any atom is -0.367 e. The quantitative estimate of drug-likeness (QED) is 0.394. The number of amides is 3. The molecule has 2 aliphatic heterocycles. The van der Waals surface area contributed by atoms with Crippen LogP contribution in [0.25, 0.3) is 0 Å². The number of piperidine rings is 1. The largest absolute Gasteiger partial charge is 0.390 e. The summed E-state index contributed by atoms with van der Waals surface area (Å²) in [6.07, 6.45) is -3.49. The summed E-state index contributed by atoms with van der Waals surface area (Å²) < 4.78 is 67.8. The molecule has 2 aliphatic rings. The minimum atomic E-state index is -4.23. The van der Waals surface area contributed by atoms with Gasteiger partial charge in [0.05, 0.1) is 23.4 Å². The van der Waals surface area contributed by atoms with E-state index in [4.69, 9.17) is 11.6 Å². The number of nitrogens with zero attached hydrogens (tertiary/aromatic N) is 4. The number of piperazine rings is 1. The van der Waals surface area contributed by atoms with E-state index in [0.717, 1.165) is 32.0 Å². The van der Waals surface area contributed by atoms with Crippen molar-refractivity contribution in [1.29, 1.82) is 0 Å². The van der Waals surface area contributed by atoms with Crippen molar-refractivity contribution in [2.75, 3.05) is 70.1 Å². The molecule has 8 nitrogen and oxygen atoms in total. The number of rotatable bonds is 8. The van der Waals surface area contributed by atoms with Crippen LogP contribution in [0.4, 0.5) is 38.1 Å². The second kappa shape index (κ2) is 14.1. The number of likely N-dealkylation sites (tertiary alicyclic amines) is 1. The van der Waals surface area contributed by atoms with Gasteiger partial charge in [-0.2, -0.15) is 13.2 Å². The van der Waals surface area contributed by atoms with E-state index < -0.39 is 41.7 Å². The Morgan fingerprint density at radius 3 is 2.33 bits per heavy atom. The molecule has 3 amide bonds. The lowest BCUT2D eigenvalue weighted by molar-refractivity contribution is -0.138. The molecule has 2 fully saturated rings. The lowest BCUT2D eigenvalue weighted by Gasteiger charge is -2.37. The van der Waals surface area contributed by atoms with Gasteiger partial charge in [0.1, 0.15) is 0 Å². The fourth-order valence-corrected chi connectivity index (χ4v) is 5.47. The molecule has 0 saturated carbocycles. The molecule has 2 N–H and O–H groups in total. The van der Waals surface area contributed by atoms with Gasteiger partial charge in [-0.25, -0.2) is 13.6 Å². The number of alkyl halides is 3. The molecule has 43 heavy (non-hydrogen) atoms. The Hall–Kier alpha value is -3.16. The van der Waals surface area contributed by atoms with Crippen LogP contribution in [0.1, 0.15) is 35.2 Å². The van der Waals surface area contributed by atoms with Crippen molar-refractivity contribution in [3.63, 3.8) is 0 Å². The lowest BCUT2D eigenvalue weighted by Crippen LogP contribution is -2.48. The van der Waals surface area contributed by atoms with Crippen LogP contribution in [0.2, 0.25) is 5.02 Å². The van der Waals surface area contributed by atoms with Crippen LogP contribution in [-0.2, 0) is 6.54 Å². The van der Waals surface area contributed by atoms with Crippen molar-refractivity contribution < 1.29 is 31.5 Å². The fraction of sp³-hybridized carbons (Fsp3) is 0.517. The van der Waals surface area contributed by atoms with Crippen molar-refractivity contribution in [2.45, 2.75) is 38.0 Å². The van der Waals surface area contributed by atoms with E-state index in [2.05, 4.69) is 15.5 Å². The van der Waals surface area contributed by atoms with Crippen molar-refractivity contribution in [2.24, 2.45) is 0 Å². The highest BCUT2D eigenvalue weighted by molar-refractivity contribution is 6.31.